The molecule has 3 rings (SSSR count). The van der Waals surface area contributed by atoms with Crippen LogP contribution in [0.15, 0.2) is 18.2 Å². The molecule has 1 atom stereocenters. The highest BCUT2D eigenvalue weighted by Crippen LogP contribution is 2.33. The van der Waals surface area contributed by atoms with Crippen molar-refractivity contribution in [3.63, 3.8) is 0 Å². The molecule has 0 spiro atoms. The standard InChI is InChI=1S/C25H37N3O6/c1-24(2,3)33-22(30)27-13-11-26(12-14-27)19-10-8-9-17-16-28(23(31)34-25(4,5)6)20(15-18(17)19)21(29)32-7/h8-10,20H,11-16H2,1-7H3. The molecule has 34 heavy (non-hydrogen) atoms. The van der Waals surface area contributed by atoms with Gasteiger partial charge >= 0.3 is 18.2 Å². The highest BCUT2D eigenvalue weighted by atomic mass is 16.6. The van der Waals surface area contributed by atoms with Gasteiger partial charge in [0.05, 0.1) is 13.7 Å². The zero-order valence-corrected chi connectivity index (χ0v) is 21.3. The Hall–Kier alpha value is -2.97. The van der Waals surface area contributed by atoms with Gasteiger partial charge in [-0.05, 0) is 58.7 Å². The van der Waals surface area contributed by atoms with E-state index < -0.39 is 29.3 Å². The summed E-state index contributed by atoms with van der Waals surface area (Å²) in [7, 11) is 1.33. The summed E-state index contributed by atoms with van der Waals surface area (Å²) in [5, 5.41) is 0. The molecule has 0 N–H and O–H groups in total. The third-order valence-corrected chi connectivity index (χ3v) is 5.74. The SMILES string of the molecule is COC(=O)C1Cc2c(cccc2N2CCN(C(=O)OC(C)(C)C)CC2)CN1C(=O)OC(C)(C)C. The molecule has 1 aromatic rings. The molecule has 2 aliphatic rings. The third kappa shape index (κ3) is 6.12. The molecular weight excluding hydrogens is 438 g/mol. The van der Waals surface area contributed by atoms with Crippen molar-refractivity contribution in [2.24, 2.45) is 0 Å². The van der Waals surface area contributed by atoms with Crippen LogP contribution in [0.5, 0.6) is 0 Å². The average Bonchev–Trinajstić information content (AvgIpc) is 2.75. The topological polar surface area (TPSA) is 88.6 Å². The molecule has 0 radical (unpaired) electrons. The summed E-state index contributed by atoms with van der Waals surface area (Å²) in [6.07, 6.45) is -0.505. The molecule has 1 unspecified atom stereocenters. The fourth-order valence-corrected chi connectivity index (χ4v) is 4.21. The van der Waals surface area contributed by atoms with Gasteiger partial charge in [-0.1, -0.05) is 12.1 Å². The first-order valence-corrected chi connectivity index (χ1v) is 11.7. The molecular formula is C25H37N3O6. The minimum Gasteiger partial charge on any atom is -0.467 e. The number of esters is 1. The molecule has 2 heterocycles. The van der Waals surface area contributed by atoms with Crippen LogP contribution in [0.2, 0.25) is 0 Å². The van der Waals surface area contributed by atoms with Gasteiger partial charge in [0.15, 0.2) is 0 Å². The van der Waals surface area contributed by atoms with Crippen LogP contribution in [-0.4, -0.2) is 78.5 Å². The van der Waals surface area contributed by atoms with Crippen molar-refractivity contribution < 1.29 is 28.6 Å². The summed E-state index contributed by atoms with van der Waals surface area (Å²) in [5.41, 5.74) is 1.80. The number of methoxy groups -OCH3 is 1. The summed E-state index contributed by atoms with van der Waals surface area (Å²) in [6, 6.07) is 5.19. The van der Waals surface area contributed by atoms with Crippen molar-refractivity contribution in [2.75, 3.05) is 38.2 Å². The molecule has 0 saturated carbocycles. The second-order valence-electron chi connectivity index (χ2n) is 10.7. The van der Waals surface area contributed by atoms with Crippen LogP contribution in [0.3, 0.4) is 0 Å². The van der Waals surface area contributed by atoms with Crippen molar-refractivity contribution in [3.05, 3.63) is 29.3 Å². The van der Waals surface area contributed by atoms with Gasteiger partial charge in [0.25, 0.3) is 0 Å². The molecule has 0 bridgehead atoms. The first kappa shape index (κ1) is 25.6. The van der Waals surface area contributed by atoms with Crippen molar-refractivity contribution in [1.29, 1.82) is 0 Å². The van der Waals surface area contributed by atoms with Gasteiger partial charge in [-0.25, -0.2) is 14.4 Å². The molecule has 9 heteroatoms. The number of rotatable bonds is 2. The molecule has 1 fully saturated rings. The average molecular weight is 476 g/mol. The lowest BCUT2D eigenvalue weighted by atomic mass is 9.92. The Balaban J connectivity index is 1.79. The Morgan fingerprint density at radius 3 is 2.03 bits per heavy atom. The Morgan fingerprint density at radius 2 is 1.47 bits per heavy atom. The van der Waals surface area contributed by atoms with E-state index in [0.29, 0.717) is 32.6 Å². The van der Waals surface area contributed by atoms with E-state index >= 15 is 0 Å². The van der Waals surface area contributed by atoms with Crippen LogP contribution in [0.4, 0.5) is 15.3 Å². The number of carbonyl (C=O) groups is 3. The highest BCUT2D eigenvalue weighted by molar-refractivity contribution is 5.83. The van der Waals surface area contributed by atoms with Gasteiger partial charge in [-0.2, -0.15) is 0 Å². The maximum Gasteiger partial charge on any atom is 0.411 e. The monoisotopic (exact) mass is 475 g/mol. The summed E-state index contributed by atoms with van der Waals surface area (Å²) in [4.78, 5) is 43.3. The zero-order chi connectivity index (χ0) is 25.3. The van der Waals surface area contributed by atoms with Gasteiger partial charge in [0, 0.05) is 38.3 Å². The Kier molecular flexibility index (Phi) is 7.33. The predicted octanol–water partition coefficient (Wildman–Crippen LogP) is 3.58. The fraction of sp³-hybridized carbons (Fsp3) is 0.640. The van der Waals surface area contributed by atoms with Crippen LogP contribution in [-0.2, 0) is 32.0 Å². The van der Waals surface area contributed by atoms with E-state index in [-0.39, 0.29) is 12.6 Å². The van der Waals surface area contributed by atoms with E-state index in [1.165, 1.54) is 12.0 Å². The van der Waals surface area contributed by atoms with Crippen LogP contribution in [0, 0.1) is 0 Å². The number of fused-ring (bicyclic) bond motifs is 1. The molecule has 188 valence electrons. The number of benzene rings is 1. The van der Waals surface area contributed by atoms with Crippen molar-refractivity contribution in [2.45, 2.75) is 71.8 Å². The number of hydrogen-bond donors (Lipinski definition) is 0. The largest absolute Gasteiger partial charge is 0.467 e. The van der Waals surface area contributed by atoms with Gasteiger partial charge < -0.3 is 24.0 Å². The lowest BCUT2D eigenvalue weighted by Crippen LogP contribution is -2.52. The maximum absolute atomic E-state index is 12.9. The maximum atomic E-state index is 12.9. The number of piperazine rings is 1. The lowest BCUT2D eigenvalue weighted by molar-refractivity contribution is -0.147. The molecule has 2 amide bonds. The summed E-state index contributed by atoms with van der Waals surface area (Å²) >= 11 is 0. The van der Waals surface area contributed by atoms with Crippen LogP contribution in [0.25, 0.3) is 0 Å². The van der Waals surface area contributed by atoms with E-state index in [1.807, 2.05) is 39.0 Å². The molecule has 9 nitrogen and oxygen atoms in total. The summed E-state index contributed by atoms with van der Waals surface area (Å²) < 4.78 is 16.1. The van der Waals surface area contributed by atoms with Gasteiger partial charge in [-0.3, -0.25) is 4.90 Å². The molecule has 1 aromatic carbocycles. The molecule has 1 saturated heterocycles. The van der Waals surface area contributed by atoms with E-state index in [1.54, 1.807) is 25.7 Å². The lowest BCUT2D eigenvalue weighted by Gasteiger charge is -2.40. The Labute approximate surface area is 201 Å². The number of anilines is 1. The van der Waals surface area contributed by atoms with E-state index in [9.17, 15) is 14.4 Å². The van der Waals surface area contributed by atoms with Gasteiger partial charge in [-0.15, -0.1) is 0 Å². The summed E-state index contributed by atoms with van der Waals surface area (Å²) in [6.45, 7) is 13.6. The zero-order valence-electron chi connectivity index (χ0n) is 21.3. The Bertz CT molecular complexity index is 926. The minimum atomic E-state index is -0.767. The number of amides is 2. The first-order valence-electron chi connectivity index (χ1n) is 11.7. The summed E-state index contributed by atoms with van der Waals surface area (Å²) in [5.74, 6) is -0.471. The molecule has 2 aliphatic heterocycles. The second-order valence-corrected chi connectivity index (χ2v) is 10.7. The van der Waals surface area contributed by atoms with Crippen LogP contribution in [0.1, 0.15) is 52.7 Å². The van der Waals surface area contributed by atoms with Crippen LogP contribution >= 0.6 is 0 Å². The first-order chi connectivity index (χ1) is 15.8. The minimum absolute atomic E-state index is 0.260. The van der Waals surface area contributed by atoms with Crippen LogP contribution < -0.4 is 4.90 Å². The third-order valence-electron chi connectivity index (χ3n) is 5.74. The van der Waals surface area contributed by atoms with Crippen molar-refractivity contribution >= 4 is 23.8 Å². The van der Waals surface area contributed by atoms with E-state index in [0.717, 1.165) is 16.8 Å². The van der Waals surface area contributed by atoms with Gasteiger partial charge in [0.1, 0.15) is 17.2 Å². The smallest absolute Gasteiger partial charge is 0.411 e. The van der Waals surface area contributed by atoms with E-state index in [2.05, 4.69) is 4.90 Å². The Morgan fingerprint density at radius 1 is 0.882 bits per heavy atom. The van der Waals surface area contributed by atoms with Gasteiger partial charge in [0.2, 0.25) is 0 Å². The quantitative estimate of drug-likeness (QED) is 0.477. The number of carbonyl (C=O) groups excluding carboxylic acids is 3. The highest BCUT2D eigenvalue weighted by Gasteiger charge is 2.39. The second kappa shape index (κ2) is 9.72. The number of nitrogens with zero attached hydrogens (tertiary/aromatic N) is 3. The number of hydrogen-bond acceptors (Lipinski definition) is 7. The van der Waals surface area contributed by atoms with Crippen molar-refractivity contribution in [3.8, 4) is 0 Å². The number of ether oxygens (including phenoxy) is 3. The fourth-order valence-electron chi connectivity index (χ4n) is 4.21. The predicted molar refractivity (Wildman–Crippen MR) is 128 cm³/mol. The van der Waals surface area contributed by atoms with E-state index in [4.69, 9.17) is 14.2 Å². The molecule has 0 aliphatic carbocycles. The molecule has 0 aromatic heterocycles. The normalized spacial score (nSPS) is 18.8. The van der Waals surface area contributed by atoms with Crippen molar-refractivity contribution in [1.82, 2.24) is 9.80 Å².